The first-order valence-corrected chi connectivity index (χ1v) is 10.2. The second kappa shape index (κ2) is 7.72. The van der Waals surface area contributed by atoms with Crippen molar-refractivity contribution in [3.63, 3.8) is 0 Å². The monoisotopic (exact) mass is 462 g/mol. The number of rotatable bonds is 4. The number of fused-ring (bicyclic) bond motifs is 1. The molecule has 1 aliphatic carbocycles. The number of nitrogens with zero attached hydrogens (tertiary/aromatic N) is 1. The number of aromatic amines is 1. The van der Waals surface area contributed by atoms with Gasteiger partial charge in [-0.3, -0.25) is 4.57 Å². The smallest absolute Gasteiger partial charge is 0.182 e. The van der Waals surface area contributed by atoms with Crippen LogP contribution in [0.4, 0.5) is 4.39 Å². The van der Waals surface area contributed by atoms with Gasteiger partial charge in [-0.05, 0) is 73.4 Å². The van der Waals surface area contributed by atoms with Gasteiger partial charge in [-0.2, -0.15) is 0 Å². The maximum absolute atomic E-state index is 13.4. The predicted molar refractivity (Wildman–Crippen MR) is 113 cm³/mol. The van der Waals surface area contributed by atoms with E-state index >= 15 is 0 Å². The van der Waals surface area contributed by atoms with Crippen molar-refractivity contribution >= 4 is 28.1 Å². The second-order valence-electron chi connectivity index (χ2n) is 6.78. The van der Waals surface area contributed by atoms with Gasteiger partial charge in [-0.1, -0.05) is 15.9 Å². The van der Waals surface area contributed by atoms with E-state index in [-0.39, 0.29) is 11.7 Å². The van der Waals surface area contributed by atoms with E-state index in [9.17, 15) is 4.39 Å². The van der Waals surface area contributed by atoms with Crippen LogP contribution in [0.3, 0.4) is 0 Å². The number of aryl methyl sites for hydroxylation is 1. The molecule has 1 heterocycles. The maximum atomic E-state index is 13.4. The number of methoxy groups -OCH3 is 2. The molecule has 0 saturated carbocycles. The van der Waals surface area contributed by atoms with Crippen molar-refractivity contribution in [2.45, 2.75) is 25.2 Å². The normalized spacial score (nSPS) is 15.9. The summed E-state index contributed by atoms with van der Waals surface area (Å²) in [6.07, 6.45) is 2.97. The molecular formula is C21H20BrFN2O2S. The summed E-state index contributed by atoms with van der Waals surface area (Å²) >= 11 is 9.32. The lowest BCUT2D eigenvalue weighted by Gasteiger charge is -2.26. The van der Waals surface area contributed by atoms with Crippen molar-refractivity contribution in [2.75, 3.05) is 14.2 Å². The second-order valence-corrected chi connectivity index (χ2v) is 8.02. The molecule has 0 amide bonds. The fraction of sp³-hybridized carbons (Fsp3) is 0.286. The standard InChI is InChI=1S/C21H20BrFN2O2S/c1-26-18-10-15(16(22)11-19(18)27-2)14-4-3-5-17-20(14)25(21(28)24-17)13-8-6-12(23)7-9-13/h6-11,14H,3-5H2,1-2H3,(H,24,28). The average molecular weight is 463 g/mol. The highest BCUT2D eigenvalue weighted by Crippen LogP contribution is 2.44. The maximum Gasteiger partial charge on any atom is 0.182 e. The van der Waals surface area contributed by atoms with Gasteiger partial charge in [0.25, 0.3) is 0 Å². The van der Waals surface area contributed by atoms with Crippen molar-refractivity contribution in [1.29, 1.82) is 0 Å². The average Bonchev–Trinajstić information content (AvgIpc) is 3.04. The van der Waals surface area contributed by atoms with Crippen molar-refractivity contribution < 1.29 is 13.9 Å². The molecule has 1 unspecified atom stereocenters. The number of benzene rings is 2. The van der Waals surface area contributed by atoms with Gasteiger partial charge in [0.2, 0.25) is 0 Å². The van der Waals surface area contributed by atoms with Crippen LogP contribution in [0.5, 0.6) is 11.5 Å². The summed E-state index contributed by atoms with van der Waals surface area (Å²) in [6, 6.07) is 10.4. The quantitative estimate of drug-likeness (QED) is 0.488. The fourth-order valence-electron chi connectivity index (χ4n) is 3.96. The molecule has 1 aromatic heterocycles. The number of H-pyrrole nitrogens is 1. The van der Waals surface area contributed by atoms with Crippen LogP contribution >= 0.6 is 28.1 Å². The van der Waals surface area contributed by atoms with Crippen molar-refractivity contribution in [1.82, 2.24) is 9.55 Å². The number of aromatic nitrogens is 2. The van der Waals surface area contributed by atoms with Crippen LogP contribution < -0.4 is 9.47 Å². The van der Waals surface area contributed by atoms with Gasteiger partial charge in [-0.25, -0.2) is 4.39 Å². The lowest BCUT2D eigenvalue weighted by molar-refractivity contribution is 0.354. The summed E-state index contributed by atoms with van der Waals surface area (Å²) in [4.78, 5) is 3.36. The minimum Gasteiger partial charge on any atom is -0.493 e. The molecule has 1 N–H and O–H groups in total. The third-order valence-electron chi connectivity index (χ3n) is 5.22. The van der Waals surface area contributed by atoms with Crippen molar-refractivity contribution in [3.8, 4) is 17.2 Å². The molecule has 146 valence electrons. The van der Waals surface area contributed by atoms with Gasteiger partial charge in [0.15, 0.2) is 16.3 Å². The summed E-state index contributed by atoms with van der Waals surface area (Å²) in [7, 11) is 3.26. The van der Waals surface area contributed by atoms with Crippen LogP contribution in [0.1, 0.15) is 35.7 Å². The topological polar surface area (TPSA) is 39.2 Å². The van der Waals surface area contributed by atoms with Crippen LogP contribution in [-0.2, 0) is 6.42 Å². The minimum atomic E-state index is -0.265. The zero-order valence-corrected chi connectivity index (χ0v) is 18.0. The lowest BCUT2D eigenvalue weighted by atomic mass is 9.84. The Balaban J connectivity index is 1.90. The van der Waals surface area contributed by atoms with Gasteiger partial charge in [-0.15, -0.1) is 0 Å². The van der Waals surface area contributed by atoms with E-state index in [1.807, 2.05) is 16.7 Å². The van der Waals surface area contributed by atoms with E-state index in [4.69, 9.17) is 21.7 Å². The van der Waals surface area contributed by atoms with Gasteiger partial charge in [0.1, 0.15) is 5.82 Å². The number of halogens is 2. The summed E-state index contributed by atoms with van der Waals surface area (Å²) in [5.41, 5.74) is 4.22. The van der Waals surface area contributed by atoms with Crippen LogP contribution in [0, 0.1) is 10.6 Å². The molecule has 0 fully saturated rings. The Morgan fingerprint density at radius 1 is 1.14 bits per heavy atom. The van der Waals surface area contributed by atoms with E-state index in [1.165, 1.54) is 12.1 Å². The molecule has 0 spiro atoms. The zero-order chi connectivity index (χ0) is 19.8. The minimum absolute atomic E-state index is 0.121. The molecule has 28 heavy (non-hydrogen) atoms. The third-order valence-corrected chi connectivity index (χ3v) is 6.20. The van der Waals surface area contributed by atoms with Crippen LogP contribution in [0.15, 0.2) is 40.9 Å². The highest BCUT2D eigenvalue weighted by Gasteiger charge is 2.30. The van der Waals surface area contributed by atoms with Gasteiger partial charge >= 0.3 is 0 Å². The van der Waals surface area contributed by atoms with E-state index in [0.717, 1.165) is 46.4 Å². The van der Waals surface area contributed by atoms with E-state index in [0.29, 0.717) is 16.3 Å². The van der Waals surface area contributed by atoms with Gasteiger partial charge in [0.05, 0.1) is 19.9 Å². The molecule has 0 aliphatic heterocycles. The van der Waals surface area contributed by atoms with Crippen LogP contribution in [0.2, 0.25) is 0 Å². The van der Waals surface area contributed by atoms with Crippen molar-refractivity contribution in [3.05, 3.63) is 68.4 Å². The number of ether oxygens (including phenoxy) is 2. The Kier molecular flexibility index (Phi) is 5.29. The summed E-state index contributed by atoms with van der Waals surface area (Å²) < 4.78 is 28.0. The third kappa shape index (κ3) is 3.26. The van der Waals surface area contributed by atoms with E-state index < -0.39 is 0 Å². The highest BCUT2D eigenvalue weighted by molar-refractivity contribution is 9.10. The molecule has 2 aromatic carbocycles. The molecule has 0 saturated heterocycles. The summed E-state index contributed by atoms with van der Waals surface area (Å²) in [5, 5.41) is 0. The molecule has 1 aliphatic rings. The number of nitrogens with one attached hydrogen (secondary N) is 1. The highest BCUT2D eigenvalue weighted by atomic mass is 79.9. The van der Waals surface area contributed by atoms with E-state index in [2.05, 4.69) is 20.9 Å². The molecule has 1 atom stereocenters. The largest absolute Gasteiger partial charge is 0.493 e. The zero-order valence-electron chi connectivity index (χ0n) is 15.6. The summed E-state index contributed by atoms with van der Waals surface area (Å²) in [5.74, 6) is 1.23. The predicted octanol–water partition coefficient (Wildman–Crippen LogP) is 5.92. The Morgan fingerprint density at radius 3 is 2.50 bits per heavy atom. The molecule has 0 radical (unpaired) electrons. The Morgan fingerprint density at radius 2 is 1.82 bits per heavy atom. The first-order chi connectivity index (χ1) is 13.5. The molecular weight excluding hydrogens is 443 g/mol. The fourth-order valence-corrected chi connectivity index (χ4v) is 4.88. The molecule has 7 heteroatoms. The Bertz CT molecular complexity index is 1080. The van der Waals surface area contributed by atoms with Gasteiger partial charge in [0, 0.05) is 21.8 Å². The number of hydrogen-bond acceptors (Lipinski definition) is 3. The number of hydrogen-bond donors (Lipinski definition) is 1. The number of imidazole rings is 1. The Labute approximate surface area is 176 Å². The molecule has 4 nitrogen and oxygen atoms in total. The van der Waals surface area contributed by atoms with Crippen LogP contribution in [0.25, 0.3) is 5.69 Å². The molecule has 0 bridgehead atoms. The van der Waals surface area contributed by atoms with E-state index in [1.54, 1.807) is 26.4 Å². The van der Waals surface area contributed by atoms with Crippen molar-refractivity contribution in [2.24, 2.45) is 0 Å². The first kappa shape index (κ1) is 19.2. The molecule has 3 aromatic rings. The van der Waals surface area contributed by atoms with Crippen LogP contribution in [-0.4, -0.2) is 23.8 Å². The molecule has 4 rings (SSSR count). The summed E-state index contributed by atoms with van der Waals surface area (Å²) in [6.45, 7) is 0. The lowest BCUT2D eigenvalue weighted by Crippen LogP contribution is -2.15. The van der Waals surface area contributed by atoms with Gasteiger partial charge < -0.3 is 14.5 Å². The first-order valence-electron chi connectivity index (χ1n) is 9.04. The SMILES string of the molecule is COc1cc(Br)c(C2CCCc3[nH]c(=S)n(-c4ccc(F)cc4)c32)cc1OC. The Hall–Kier alpha value is -2.12.